The second-order valence-corrected chi connectivity index (χ2v) is 6.00. The van der Waals surface area contributed by atoms with E-state index >= 15 is 0 Å². The number of H-pyrrole nitrogens is 1. The van der Waals surface area contributed by atoms with Crippen molar-refractivity contribution in [1.82, 2.24) is 9.97 Å². The third kappa shape index (κ3) is 3.53. The molecule has 122 valence electrons. The predicted molar refractivity (Wildman–Crippen MR) is 92.1 cm³/mol. The van der Waals surface area contributed by atoms with E-state index in [1.807, 2.05) is 12.1 Å². The van der Waals surface area contributed by atoms with Crippen molar-refractivity contribution in [3.63, 3.8) is 0 Å². The van der Waals surface area contributed by atoms with Gasteiger partial charge in [-0.05, 0) is 34.3 Å². The van der Waals surface area contributed by atoms with Crippen molar-refractivity contribution < 1.29 is 9.47 Å². The summed E-state index contributed by atoms with van der Waals surface area (Å²) >= 11 is 4.61. The molecule has 1 aromatic heterocycles. The number of aromatic nitrogens is 2. The summed E-state index contributed by atoms with van der Waals surface area (Å²) in [6.07, 6.45) is 1.77. The quantitative estimate of drug-likeness (QED) is 0.599. The number of ether oxygens (including phenoxy) is 2. The lowest BCUT2D eigenvalue weighted by atomic mass is 10.1. The average molecular weight is 407 g/mol. The molecule has 2 aromatic rings. The zero-order valence-electron chi connectivity index (χ0n) is 12.7. The fraction of sp³-hybridized carbons (Fsp3) is 0.200. The molecule has 7 nitrogen and oxygen atoms in total. The highest BCUT2D eigenvalue weighted by molar-refractivity contribution is 9.10. The summed E-state index contributed by atoms with van der Waals surface area (Å²) in [7, 11) is 1.45. The molecule has 0 radical (unpaired) electrons. The Morgan fingerprint density at radius 3 is 2.75 bits per heavy atom. The van der Waals surface area contributed by atoms with Gasteiger partial charge < -0.3 is 14.5 Å². The average Bonchev–Trinajstić information content (AvgIpc) is 2.59. The Labute approximate surface area is 150 Å². The van der Waals surface area contributed by atoms with Crippen molar-refractivity contribution in [2.24, 2.45) is 0 Å². The lowest BCUT2D eigenvalue weighted by molar-refractivity contribution is 0.328. The molecule has 0 aliphatic carbocycles. The molecular formula is C15H11BrN4O3S. The molecule has 0 aliphatic rings. The van der Waals surface area contributed by atoms with Gasteiger partial charge in [0, 0.05) is 5.56 Å². The van der Waals surface area contributed by atoms with E-state index in [2.05, 4.69) is 25.9 Å². The second-order valence-electron chi connectivity index (χ2n) is 4.35. The maximum absolute atomic E-state index is 12.0. The maximum Gasteiger partial charge on any atom is 0.270 e. The van der Waals surface area contributed by atoms with E-state index < -0.39 is 5.56 Å². The Morgan fingerprint density at radius 2 is 2.17 bits per heavy atom. The number of methoxy groups -OCH3 is 1. The molecule has 0 saturated heterocycles. The van der Waals surface area contributed by atoms with Gasteiger partial charge in [-0.1, -0.05) is 11.8 Å². The Morgan fingerprint density at radius 1 is 1.42 bits per heavy atom. The maximum atomic E-state index is 12.0. The highest BCUT2D eigenvalue weighted by atomic mass is 79.9. The van der Waals surface area contributed by atoms with Gasteiger partial charge in [-0.3, -0.25) is 4.79 Å². The number of nitrogens with zero attached hydrogens (tertiary/aromatic N) is 3. The number of thioether (sulfide) groups is 1. The first-order valence-corrected chi connectivity index (χ1v) is 8.53. The van der Waals surface area contributed by atoms with E-state index in [0.29, 0.717) is 26.7 Å². The third-order valence-corrected chi connectivity index (χ3v) is 4.16. The molecule has 0 amide bonds. The summed E-state index contributed by atoms with van der Waals surface area (Å²) in [6.45, 7) is -0.141. The molecule has 1 N–H and O–H groups in total. The fourth-order valence-corrected chi connectivity index (χ4v) is 2.90. The SMILES string of the molecule is COc1cc(-c2nc(SC)[nH]c(=O)c2C#N)cc(Br)c1OCC#N. The van der Waals surface area contributed by atoms with Crippen molar-refractivity contribution in [2.75, 3.05) is 20.0 Å². The van der Waals surface area contributed by atoms with Crippen LogP contribution in [0, 0.1) is 22.7 Å². The number of aromatic amines is 1. The van der Waals surface area contributed by atoms with Gasteiger partial charge in [-0.25, -0.2) is 4.98 Å². The highest BCUT2D eigenvalue weighted by Gasteiger charge is 2.18. The zero-order chi connectivity index (χ0) is 17.7. The first-order valence-electron chi connectivity index (χ1n) is 6.51. The standard InChI is InChI=1S/C15H11BrN4O3S/c1-22-11-6-8(5-10(16)13(11)23-4-3-17)12-9(7-18)14(21)20-15(19-12)24-2/h5-6H,4H2,1-2H3,(H,19,20,21). The Balaban J connectivity index is 2.68. The van der Waals surface area contributed by atoms with Gasteiger partial charge >= 0.3 is 0 Å². The van der Waals surface area contributed by atoms with Crippen LogP contribution in [0.5, 0.6) is 11.5 Å². The Bertz CT molecular complexity index is 915. The molecule has 0 spiro atoms. The smallest absolute Gasteiger partial charge is 0.270 e. The van der Waals surface area contributed by atoms with Crippen LogP contribution in [-0.2, 0) is 0 Å². The van der Waals surface area contributed by atoms with Gasteiger partial charge in [-0.15, -0.1) is 0 Å². The topological polar surface area (TPSA) is 112 Å². The number of nitrogens with one attached hydrogen (secondary N) is 1. The zero-order valence-corrected chi connectivity index (χ0v) is 15.1. The van der Waals surface area contributed by atoms with Crippen LogP contribution in [0.1, 0.15) is 5.56 Å². The van der Waals surface area contributed by atoms with E-state index in [1.54, 1.807) is 18.4 Å². The number of nitriles is 2. The molecule has 0 fully saturated rings. The van der Waals surface area contributed by atoms with Crippen LogP contribution in [0.15, 0.2) is 26.6 Å². The molecular weight excluding hydrogens is 396 g/mol. The summed E-state index contributed by atoms with van der Waals surface area (Å²) in [6, 6.07) is 7.01. The summed E-state index contributed by atoms with van der Waals surface area (Å²) in [5.41, 5.74) is 0.164. The van der Waals surface area contributed by atoms with Gasteiger partial charge in [0.2, 0.25) is 0 Å². The van der Waals surface area contributed by atoms with Crippen LogP contribution in [0.2, 0.25) is 0 Å². The van der Waals surface area contributed by atoms with Crippen LogP contribution in [0.4, 0.5) is 0 Å². The van der Waals surface area contributed by atoms with Gasteiger partial charge in [0.15, 0.2) is 23.3 Å². The minimum absolute atomic E-state index is 0.0903. The van der Waals surface area contributed by atoms with Gasteiger partial charge in [0.25, 0.3) is 5.56 Å². The predicted octanol–water partition coefficient (Wildman–Crippen LogP) is 2.70. The third-order valence-electron chi connectivity index (χ3n) is 2.99. The summed E-state index contributed by atoms with van der Waals surface area (Å²) < 4.78 is 11.1. The fourth-order valence-electron chi connectivity index (χ4n) is 1.96. The normalized spacial score (nSPS) is 9.88. The molecule has 1 heterocycles. The van der Waals surface area contributed by atoms with Crippen LogP contribution in [0.3, 0.4) is 0 Å². The van der Waals surface area contributed by atoms with Crippen LogP contribution in [0.25, 0.3) is 11.3 Å². The number of halogens is 1. The van der Waals surface area contributed by atoms with Crippen molar-refractivity contribution in [2.45, 2.75) is 5.16 Å². The van der Waals surface area contributed by atoms with E-state index in [1.165, 1.54) is 18.9 Å². The van der Waals surface area contributed by atoms with Gasteiger partial charge in [0.05, 0.1) is 17.3 Å². The van der Waals surface area contributed by atoms with Gasteiger partial charge in [-0.2, -0.15) is 10.5 Å². The molecule has 0 atom stereocenters. The summed E-state index contributed by atoms with van der Waals surface area (Å²) in [5.74, 6) is 0.711. The van der Waals surface area contributed by atoms with E-state index in [0.717, 1.165) is 0 Å². The minimum atomic E-state index is -0.508. The largest absolute Gasteiger partial charge is 0.493 e. The van der Waals surface area contributed by atoms with Crippen molar-refractivity contribution in [1.29, 1.82) is 10.5 Å². The molecule has 2 rings (SSSR count). The highest BCUT2D eigenvalue weighted by Crippen LogP contribution is 2.39. The first kappa shape index (κ1) is 17.9. The monoisotopic (exact) mass is 406 g/mol. The molecule has 24 heavy (non-hydrogen) atoms. The summed E-state index contributed by atoms with van der Waals surface area (Å²) in [5, 5.41) is 18.3. The van der Waals surface area contributed by atoms with Crippen LogP contribution in [-0.4, -0.2) is 29.9 Å². The molecule has 0 unspecified atom stereocenters. The first-order chi connectivity index (χ1) is 11.5. The molecule has 0 bridgehead atoms. The van der Waals surface area contributed by atoms with Crippen molar-refractivity contribution >= 4 is 27.7 Å². The van der Waals surface area contributed by atoms with Crippen LogP contribution >= 0.6 is 27.7 Å². The molecule has 1 aromatic carbocycles. The van der Waals surface area contributed by atoms with Crippen molar-refractivity contribution in [3.8, 4) is 34.9 Å². The van der Waals surface area contributed by atoms with Crippen LogP contribution < -0.4 is 15.0 Å². The lowest BCUT2D eigenvalue weighted by Crippen LogP contribution is -2.14. The number of hydrogen-bond acceptors (Lipinski definition) is 7. The molecule has 0 aliphatic heterocycles. The Kier molecular flexibility index (Phi) is 5.85. The van der Waals surface area contributed by atoms with E-state index in [-0.39, 0.29) is 17.9 Å². The van der Waals surface area contributed by atoms with Crippen molar-refractivity contribution in [3.05, 3.63) is 32.5 Å². The summed E-state index contributed by atoms with van der Waals surface area (Å²) in [4.78, 5) is 18.9. The van der Waals surface area contributed by atoms with Gasteiger partial charge in [0.1, 0.15) is 17.7 Å². The Hall–Kier alpha value is -2.49. The van der Waals surface area contributed by atoms with E-state index in [4.69, 9.17) is 14.7 Å². The molecule has 9 heteroatoms. The lowest BCUT2D eigenvalue weighted by Gasteiger charge is -2.13. The number of benzene rings is 1. The number of hydrogen-bond donors (Lipinski definition) is 1. The minimum Gasteiger partial charge on any atom is -0.493 e. The second kappa shape index (κ2) is 7.86. The number of rotatable bonds is 5. The molecule has 0 saturated carbocycles. The van der Waals surface area contributed by atoms with E-state index in [9.17, 15) is 10.1 Å².